The van der Waals surface area contributed by atoms with Crippen molar-refractivity contribution >= 4 is 40.3 Å². The van der Waals surface area contributed by atoms with E-state index in [9.17, 15) is 4.79 Å². The molecule has 0 saturated carbocycles. The summed E-state index contributed by atoms with van der Waals surface area (Å²) in [6, 6.07) is 18.1. The number of amides is 1. The van der Waals surface area contributed by atoms with E-state index in [1.54, 1.807) is 22.7 Å². The molecule has 0 radical (unpaired) electrons. The van der Waals surface area contributed by atoms with Gasteiger partial charge in [-0.2, -0.15) is 0 Å². The van der Waals surface area contributed by atoms with Gasteiger partial charge in [0.15, 0.2) is 5.16 Å². The van der Waals surface area contributed by atoms with Gasteiger partial charge in [0.2, 0.25) is 5.91 Å². The number of aromatic nitrogens is 3. The third-order valence-electron chi connectivity index (χ3n) is 4.44. The van der Waals surface area contributed by atoms with Gasteiger partial charge < -0.3 is 9.88 Å². The molecule has 0 aliphatic carbocycles. The molecule has 1 aromatic carbocycles. The van der Waals surface area contributed by atoms with E-state index in [0.717, 1.165) is 27.8 Å². The minimum atomic E-state index is -0.141. The number of hydrogen-bond acceptors (Lipinski definition) is 6. The summed E-state index contributed by atoms with van der Waals surface area (Å²) in [6.45, 7) is 0. The molecule has 3 heterocycles. The van der Waals surface area contributed by atoms with E-state index in [4.69, 9.17) is 0 Å². The summed E-state index contributed by atoms with van der Waals surface area (Å²) in [4.78, 5) is 15.1. The lowest BCUT2D eigenvalue weighted by molar-refractivity contribution is -0.119. The lowest BCUT2D eigenvalue weighted by atomic mass is 10.1. The molecule has 0 bridgehead atoms. The van der Waals surface area contributed by atoms with E-state index < -0.39 is 0 Å². The van der Waals surface area contributed by atoms with Gasteiger partial charge in [-0.3, -0.25) is 4.79 Å². The zero-order chi connectivity index (χ0) is 20.1. The fourth-order valence-electron chi connectivity index (χ4n) is 2.95. The molecule has 0 fully saturated rings. The fraction of sp³-hybridized carbons (Fsp3) is 0.190. The first-order valence-electron chi connectivity index (χ1n) is 9.12. The summed E-state index contributed by atoms with van der Waals surface area (Å²) < 4.78 is 1.96. The van der Waals surface area contributed by atoms with Crippen LogP contribution in [0, 0.1) is 0 Å². The number of carbonyl (C=O) groups is 1. The minimum absolute atomic E-state index is 0.0277. The summed E-state index contributed by atoms with van der Waals surface area (Å²) in [5, 5.41) is 16.5. The smallest absolute Gasteiger partial charge is 0.231 e. The highest BCUT2D eigenvalue weighted by Gasteiger charge is 2.19. The Kier molecular flexibility index (Phi) is 6.43. The Morgan fingerprint density at radius 1 is 1.07 bits per heavy atom. The van der Waals surface area contributed by atoms with Crippen LogP contribution in [0.15, 0.2) is 70.5 Å². The number of hydrogen-bond donors (Lipinski definition) is 1. The van der Waals surface area contributed by atoms with E-state index >= 15 is 0 Å². The van der Waals surface area contributed by atoms with Gasteiger partial charge in [0.1, 0.15) is 5.82 Å². The highest BCUT2D eigenvalue weighted by atomic mass is 32.2. The van der Waals surface area contributed by atoms with Gasteiger partial charge in [-0.05, 0) is 28.5 Å². The zero-order valence-corrected chi connectivity index (χ0v) is 18.3. The highest BCUT2D eigenvalue weighted by Crippen LogP contribution is 2.26. The van der Waals surface area contributed by atoms with Crippen molar-refractivity contribution in [3.63, 3.8) is 0 Å². The molecule has 1 N–H and O–H groups in total. The van der Waals surface area contributed by atoms with Crippen molar-refractivity contribution in [2.24, 2.45) is 7.05 Å². The van der Waals surface area contributed by atoms with Crippen molar-refractivity contribution < 1.29 is 4.79 Å². The average Bonchev–Trinajstić information content (AvgIpc) is 3.50. The van der Waals surface area contributed by atoms with Crippen LogP contribution in [0.2, 0.25) is 0 Å². The molecule has 0 aliphatic rings. The maximum atomic E-state index is 12.7. The maximum Gasteiger partial charge on any atom is 0.231 e. The first kappa shape index (κ1) is 19.9. The molecule has 0 aliphatic heterocycles. The molecule has 0 saturated heterocycles. The molecule has 4 rings (SSSR count). The molecule has 5 nitrogen and oxygen atoms in total. The Morgan fingerprint density at radius 2 is 1.86 bits per heavy atom. The van der Waals surface area contributed by atoms with Crippen molar-refractivity contribution in [1.29, 1.82) is 0 Å². The molecule has 1 atom stereocenters. The van der Waals surface area contributed by atoms with E-state index in [1.807, 2.05) is 59.5 Å². The summed E-state index contributed by atoms with van der Waals surface area (Å²) in [6.07, 6.45) is 0.752. The second-order valence-electron chi connectivity index (χ2n) is 6.43. The van der Waals surface area contributed by atoms with Gasteiger partial charge in [-0.1, -0.05) is 54.2 Å². The number of thiophene rings is 2. The normalized spacial score (nSPS) is 12.0. The topological polar surface area (TPSA) is 59.8 Å². The maximum absolute atomic E-state index is 12.7. The van der Waals surface area contributed by atoms with Gasteiger partial charge >= 0.3 is 0 Å². The molecular weight excluding hydrogens is 420 g/mol. The SMILES string of the molecule is Cn1c(Cc2cccs2)nnc1SCC(=O)N[C@H](c1ccccc1)c1cccs1. The van der Waals surface area contributed by atoms with E-state index in [-0.39, 0.29) is 11.9 Å². The average molecular weight is 441 g/mol. The van der Waals surface area contributed by atoms with Crippen molar-refractivity contribution in [3.8, 4) is 0 Å². The predicted molar refractivity (Wildman–Crippen MR) is 120 cm³/mol. The molecule has 148 valence electrons. The second kappa shape index (κ2) is 9.39. The Hall–Kier alpha value is -2.42. The highest BCUT2D eigenvalue weighted by molar-refractivity contribution is 7.99. The summed E-state index contributed by atoms with van der Waals surface area (Å²) in [5.41, 5.74) is 1.07. The molecule has 0 unspecified atom stereocenters. The van der Waals surface area contributed by atoms with E-state index in [2.05, 4.69) is 33.0 Å². The summed E-state index contributed by atoms with van der Waals surface area (Å²) in [7, 11) is 1.95. The number of carbonyl (C=O) groups excluding carboxylic acids is 1. The van der Waals surface area contributed by atoms with E-state index in [0.29, 0.717) is 5.75 Å². The lowest BCUT2D eigenvalue weighted by Gasteiger charge is -2.18. The Labute approximate surface area is 181 Å². The standard InChI is InChI=1S/C21H20N4OS3/c1-25-18(13-16-9-5-11-27-16)23-24-21(25)29-14-19(26)22-20(17-10-6-12-28-17)15-7-3-2-4-8-15/h2-12,20H,13-14H2,1H3,(H,22,26)/t20-/m1/s1. The Bertz CT molecular complexity index is 1040. The van der Waals surface area contributed by atoms with Gasteiger partial charge in [-0.15, -0.1) is 32.9 Å². The number of benzene rings is 1. The minimum Gasteiger partial charge on any atom is -0.344 e. The molecule has 4 aromatic rings. The largest absolute Gasteiger partial charge is 0.344 e. The summed E-state index contributed by atoms with van der Waals surface area (Å²) >= 11 is 4.76. The van der Waals surface area contributed by atoms with Crippen LogP contribution in [0.4, 0.5) is 0 Å². The van der Waals surface area contributed by atoms with Gasteiger partial charge in [0.25, 0.3) is 0 Å². The molecule has 3 aromatic heterocycles. The molecule has 29 heavy (non-hydrogen) atoms. The number of nitrogens with zero attached hydrogens (tertiary/aromatic N) is 3. The molecule has 1 amide bonds. The molecule has 0 spiro atoms. The second-order valence-corrected chi connectivity index (χ2v) is 9.38. The quantitative estimate of drug-likeness (QED) is 0.409. The summed E-state index contributed by atoms with van der Waals surface area (Å²) in [5.74, 6) is 1.16. The van der Waals surface area contributed by atoms with Crippen LogP contribution < -0.4 is 5.32 Å². The van der Waals surface area contributed by atoms with Crippen molar-refractivity contribution in [1.82, 2.24) is 20.1 Å². The lowest BCUT2D eigenvalue weighted by Crippen LogP contribution is -2.30. The van der Waals surface area contributed by atoms with Gasteiger partial charge in [0, 0.05) is 23.2 Å². The number of thioether (sulfide) groups is 1. The van der Waals surface area contributed by atoms with Crippen LogP contribution in [-0.4, -0.2) is 26.4 Å². The zero-order valence-electron chi connectivity index (χ0n) is 15.8. The molecule has 8 heteroatoms. The first-order valence-corrected chi connectivity index (χ1v) is 11.9. The van der Waals surface area contributed by atoms with Gasteiger partial charge in [0.05, 0.1) is 11.8 Å². The van der Waals surface area contributed by atoms with Crippen molar-refractivity contribution in [2.45, 2.75) is 17.6 Å². The van der Waals surface area contributed by atoms with Crippen molar-refractivity contribution in [2.75, 3.05) is 5.75 Å². The van der Waals surface area contributed by atoms with Crippen LogP contribution in [0.3, 0.4) is 0 Å². The molecular formula is C21H20N4OS3. The third kappa shape index (κ3) is 4.95. The van der Waals surface area contributed by atoms with Crippen LogP contribution in [-0.2, 0) is 18.3 Å². The Balaban J connectivity index is 1.40. The van der Waals surface area contributed by atoms with E-state index in [1.165, 1.54) is 16.6 Å². The Morgan fingerprint density at radius 3 is 2.59 bits per heavy atom. The monoisotopic (exact) mass is 440 g/mol. The van der Waals surface area contributed by atoms with Crippen molar-refractivity contribution in [3.05, 3.63) is 86.5 Å². The van der Waals surface area contributed by atoms with Crippen LogP contribution in [0.5, 0.6) is 0 Å². The van der Waals surface area contributed by atoms with Crippen LogP contribution in [0.1, 0.15) is 27.2 Å². The first-order chi connectivity index (χ1) is 14.2. The van der Waals surface area contributed by atoms with Crippen LogP contribution in [0.25, 0.3) is 0 Å². The fourth-order valence-corrected chi connectivity index (χ4v) is 5.19. The predicted octanol–water partition coefficient (Wildman–Crippen LogP) is 4.53. The van der Waals surface area contributed by atoms with Crippen LogP contribution >= 0.6 is 34.4 Å². The third-order valence-corrected chi connectivity index (χ3v) is 7.27. The number of nitrogens with one attached hydrogen (secondary N) is 1. The number of rotatable bonds is 8. The van der Waals surface area contributed by atoms with Gasteiger partial charge in [-0.25, -0.2) is 0 Å².